The first kappa shape index (κ1) is 15.7. The number of hydrogen-bond acceptors (Lipinski definition) is 2. The van der Waals surface area contributed by atoms with Gasteiger partial charge in [-0.15, -0.1) is 0 Å². The van der Waals surface area contributed by atoms with Gasteiger partial charge in [-0.3, -0.25) is 0 Å². The van der Waals surface area contributed by atoms with Gasteiger partial charge in [-0.25, -0.2) is 4.79 Å². The van der Waals surface area contributed by atoms with E-state index in [4.69, 9.17) is 0 Å². The Kier molecular flexibility index (Phi) is 5.48. The number of hydrogen-bond donors (Lipinski definition) is 1. The van der Waals surface area contributed by atoms with Gasteiger partial charge in [-0.05, 0) is 43.4 Å². The van der Waals surface area contributed by atoms with Crippen molar-refractivity contribution < 1.29 is 4.79 Å². The number of amides is 2. The van der Waals surface area contributed by atoms with Crippen LogP contribution < -0.4 is 10.2 Å². The van der Waals surface area contributed by atoms with E-state index in [1.54, 1.807) is 0 Å². The van der Waals surface area contributed by atoms with Gasteiger partial charge in [0.2, 0.25) is 0 Å². The van der Waals surface area contributed by atoms with Crippen LogP contribution in [0.2, 0.25) is 0 Å². The Balaban J connectivity index is 1.88. The van der Waals surface area contributed by atoms with Gasteiger partial charge in [0, 0.05) is 38.9 Å². The summed E-state index contributed by atoms with van der Waals surface area (Å²) in [5, 5.41) is 3.06. The molecular formula is C17H27N3O. The number of carbonyl (C=O) groups is 1. The monoisotopic (exact) mass is 289 g/mol. The van der Waals surface area contributed by atoms with E-state index >= 15 is 0 Å². The van der Waals surface area contributed by atoms with Gasteiger partial charge in [-0.1, -0.05) is 19.1 Å². The minimum absolute atomic E-state index is 0.0817. The summed E-state index contributed by atoms with van der Waals surface area (Å²) in [5.41, 5.74) is 2.31. The van der Waals surface area contributed by atoms with Crippen LogP contribution in [0.4, 0.5) is 10.5 Å². The van der Waals surface area contributed by atoms with E-state index in [0.717, 1.165) is 31.4 Å². The number of piperidine rings is 1. The first-order valence-electron chi connectivity index (χ1n) is 7.92. The molecule has 1 aliphatic heterocycles. The largest absolute Gasteiger partial charge is 0.378 e. The van der Waals surface area contributed by atoms with E-state index in [1.807, 2.05) is 19.0 Å². The molecule has 4 heteroatoms. The lowest BCUT2D eigenvalue weighted by atomic mass is 10.0. The topological polar surface area (TPSA) is 35.6 Å². The molecule has 0 bridgehead atoms. The highest BCUT2D eigenvalue weighted by Crippen LogP contribution is 2.19. The third-order valence-electron chi connectivity index (χ3n) is 4.26. The first-order valence-corrected chi connectivity index (χ1v) is 7.92. The Morgan fingerprint density at radius 3 is 2.62 bits per heavy atom. The number of rotatable bonds is 4. The van der Waals surface area contributed by atoms with E-state index in [0.29, 0.717) is 12.6 Å². The molecule has 116 valence electrons. The van der Waals surface area contributed by atoms with E-state index in [9.17, 15) is 4.79 Å². The molecule has 1 N–H and O–H groups in total. The van der Waals surface area contributed by atoms with Gasteiger partial charge in [-0.2, -0.15) is 0 Å². The lowest BCUT2D eigenvalue weighted by Gasteiger charge is -2.35. The number of nitrogens with zero attached hydrogens (tertiary/aromatic N) is 2. The SMILES string of the molecule is CCC1CCCCN1C(=O)NCc1ccc(N(C)C)cc1. The van der Waals surface area contributed by atoms with Crippen molar-refractivity contribution in [1.29, 1.82) is 0 Å². The third-order valence-corrected chi connectivity index (χ3v) is 4.26. The smallest absolute Gasteiger partial charge is 0.317 e. The Morgan fingerprint density at radius 2 is 2.00 bits per heavy atom. The number of benzene rings is 1. The molecule has 1 fully saturated rings. The Bertz CT molecular complexity index is 456. The highest BCUT2D eigenvalue weighted by Gasteiger charge is 2.24. The van der Waals surface area contributed by atoms with E-state index in [2.05, 4.69) is 41.4 Å². The Morgan fingerprint density at radius 1 is 1.29 bits per heavy atom. The molecule has 1 heterocycles. The van der Waals surface area contributed by atoms with Crippen molar-refractivity contribution in [2.24, 2.45) is 0 Å². The van der Waals surface area contributed by atoms with Crippen LogP contribution in [0.3, 0.4) is 0 Å². The summed E-state index contributed by atoms with van der Waals surface area (Å²) in [5.74, 6) is 0. The normalized spacial score (nSPS) is 18.4. The maximum atomic E-state index is 12.3. The highest BCUT2D eigenvalue weighted by atomic mass is 16.2. The molecule has 0 aromatic heterocycles. The molecule has 1 unspecified atom stereocenters. The highest BCUT2D eigenvalue weighted by molar-refractivity contribution is 5.74. The van der Waals surface area contributed by atoms with Crippen LogP contribution in [0.1, 0.15) is 38.2 Å². The van der Waals surface area contributed by atoms with Gasteiger partial charge in [0.05, 0.1) is 0 Å². The molecular weight excluding hydrogens is 262 g/mol. The minimum Gasteiger partial charge on any atom is -0.378 e. The molecule has 0 aliphatic carbocycles. The van der Waals surface area contributed by atoms with Gasteiger partial charge in [0.25, 0.3) is 0 Å². The fraction of sp³-hybridized carbons (Fsp3) is 0.588. The van der Waals surface area contributed by atoms with E-state index in [-0.39, 0.29) is 6.03 Å². The van der Waals surface area contributed by atoms with Gasteiger partial charge >= 0.3 is 6.03 Å². The zero-order chi connectivity index (χ0) is 15.2. The summed E-state index contributed by atoms with van der Waals surface area (Å²) in [6.45, 7) is 3.65. The third kappa shape index (κ3) is 4.13. The van der Waals surface area contributed by atoms with Gasteiger partial charge < -0.3 is 15.1 Å². The number of carbonyl (C=O) groups excluding carboxylic acids is 1. The number of anilines is 1. The molecule has 2 amide bonds. The van der Waals surface area contributed by atoms with Gasteiger partial charge in [0.1, 0.15) is 0 Å². The maximum Gasteiger partial charge on any atom is 0.317 e. The number of likely N-dealkylation sites (tertiary alicyclic amines) is 1. The molecule has 0 radical (unpaired) electrons. The molecule has 1 atom stereocenters. The van der Waals surface area contributed by atoms with Crippen LogP contribution in [-0.2, 0) is 6.54 Å². The fourth-order valence-electron chi connectivity index (χ4n) is 2.88. The lowest BCUT2D eigenvalue weighted by molar-refractivity contribution is 0.148. The Hall–Kier alpha value is -1.71. The van der Waals surface area contributed by atoms with E-state index < -0.39 is 0 Å². The molecule has 4 nitrogen and oxygen atoms in total. The predicted molar refractivity (Wildman–Crippen MR) is 87.6 cm³/mol. The molecule has 21 heavy (non-hydrogen) atoms. The average molecular weight is 289 g/mol. The van der Waals surface area contributed by atoms with Crippen molar-refractivity contribution in [3.63, 3.8) is 0 Å². The van der Waals surface area contributed by atoms with Gasteiger partial charge in [0.15, 0.2) is 0 Å². The molecule has 1 aliphatic rings. The maximum absolute atomic E-state index is 12.3. The summed E-state index contributed by atoms with van der Waals surface area (Å²) >= 11 is 0. The van der Waals surface area contributed by atoms with Crippen molar-refractivity contribution in [2.75, 3.05) is 25.5 Å². The molecule has 0 spiro atoms. The first-order chi connectivity index (χ1) is 10.1. The van der Waals surface area contributed by atoms with Crippen LogP contribution in [-0.4, -0.2) is 37.6 Å². The molecule has 2 rings (SSSR count). The second kappa shape index (κ2) is 7.34. The Labute approximate surface area is 128 Å². The molecule has 1 aromatic carbocycles. The molecule has 0 saturated carbocycles. The number of urea groups is 1. The summed E-state index contributed by atoms with van der Waals surface area (Å²) in [7, 11) is 4.05. The summed E-state index contributed by atoms with van der Waals surface area (Å²) in [6.07, 6.45) is 4.56. The number of nitrogens with one attached hydrogen (secondary N) is 1. The summed E-state index contributed by atoms with van der Waals surface area (Å²) < 4.78 is 0. The second-order valence-electron chi connectivity index (χ2n) is 5.97. The average Bonchev–Trinajstić information content (AvgIpc) is 2.52. The van der Waals surface area contributed by atoms with Crippen molar-refractivity contribution in [3.8, 4) is 0 Å². The summed E-state index contributed by atoms with van der Waals surface area (Å²) in [6, 6.07) is 8.80. The van der Waals surface area contributed by atoms with Crippen molar-refractivity contribution in [3.05, 3.63) is 29.8 Å². The zero-order valence-electron chi connectivity index (χ0n) is 13.4. The standard InChI is InChI=1S/C17H27N3O/c1-4-15-7-5-6-12-20(15)17(21)18-13-14-8-10-16(11-9-14)19(2)3/h8-11,15H,4-7,12-13H2,1-3H3,(H,18,21). The van der Waals surface area contributed by atoms with Crippen LogP contribution >= 0.6 is 0 Å². The predicted octanol–water partition coefficient (Wildman–Crippen LogP) is 3.23. The summed E-state index contributed by atoms with van der Waals surface area (Å²) in [4.78, 5) is 16.4. The van der Waals surface area contributed by atoms with Crippen molar-refractivity contribution in [1.82, 2.24) is 10.2 Å². The van der Waals surface area contributed by atoms with Crippen LogP contribution in [0, 0.1) is 0 Å². The van der Waals surface area contributed by atoms with Crippen LogP contribution in [0.15, 0.2) is 24.3 Å². The fourth-order valence-corrected chi connectivity index (χ4v) is 2.88. The quantitative estimate of drug-likeness (QED) is 0.923. The molecule has 1 saturated heterocycles. The molecule has 1 aromatic rings. The van der Waals surface area contributed by atoms with Crippen molar-refractivity contribution in [2.45, 2.75) is 45.2 Å². The van der Waals surface area contributed by atoms with Crippen molar-refractivity contribution >= 4 is 11.7 Å². The van der Waals surface area contributed by atoms with Crippen LogP contribution in [0.5, 0.6) is 0 Å². The zero-order valence-corrected chi connectivity index (χ0v) is 13.4. The second-order valence-corrected chi connectivity index (χ2v) is 5.97. The lowest BCUT2D eigenvalue weighted by Crippen LogP contribution is -2.48. The van der Waals surface area contributed by atoms with E-state index in [1.165, 1.54) is 12.1 Å². The minimum atomic E-state index is 0.0817. The van der Waals surface area contributed by atoms with Crippen LogP contribution in [0.25, 0.3) is 0 Å².